The first kappa shape index (κ1) is 15.2. The number of aliphatic hydroxyl groups excluding tert-OH is 1. The van der Waals surface area contributed by atoms with Crippen LogP contribution in [0.4, 0.5) is 0 Å². The van der Waals surface area contributed by atoms with Crippen LogP contribution < -0.4 is 16.6 Å². The maximum absolute atomic E-state index is 11.8. The van der Waals surface area contributed by atoms with E-state index in [1.807, 2.05) is 18.8 Å². The molecule has 0 aliphatic heterocycles. The number of carbonyl (C=O) groups is 1. The molecule has 0 unspecified atom stereocenters. The molecule has 0 fully saturated rings. The standard InChI is InChI=1S/C12H19N3O4/c1-3-12(4-2,7-16)6-14-9(17)8-5-13-11(19)15-10(8)18/h5,16H,3-4,6-7H2,1-2H3,(H,14,17)(H2,13,15,18,19). The second-order valence-corrected chi connectivity index (χ2v) is 4.53. The molecule has 0 saturated carbocycles. The average molecular weight is 269 g/mol. The van der Waals surface area contributed by atoms with Crippen LogP contribution in [0.25, 0.3) is 0 Å². The van der Waals surface area contributed by atoms with Crippen molar-refractivity contribution in [3.05, 3.63) is 32.6 Å². The van der Waals surface area contributed by atoms with Gasteiger partial charge >= 0.3 is 5.69 Å². The van der Waals surface area contributed by atoms with Gasteiger partial charge in [0, 0.05) is 18.2 Å². The first-order valence-corrected chi connectivity index (χ1v) is 6.19. The molecule has 1 amide bonds. The number of aliphatic hydroxyl groups is 1. The Morgan fingerprint density at radius 1 is 1.37 bits per heavy atom. The molecule has 106 valence electrons. The lowest BCUT2D eigenvalue weighted by Gasteiger charge is -2.29. The molecular weight excluding hydrogens is 250 g/mol. The van der Waals surface area contributed by atoms with Crippen LogP contribution in [-0.2, 0) is 0 Å². The first-order valence-electron chi connectivity index (χ1n) is 6.19. The fraction of sp³-hybridized carbons (Fsp3) is 0.583. The zero-order chi connectivity index (χ0) is 14.5. The van der Waals surface area contributed by atoms with Crippen molar-refractivity contribution < 1.29 is 9.90 Å². The summed E-state index contributed by atoms with van der Waals surface area (Å²) < 4.78 is 0. The predicted octanol–water partition coefficient (Wildman–Crippen LogP) is -0.408. The van der Waals surface area contributed by atoms with E-state index in [4.69, 9.17) is 0 Å². The van der Waals surface area contributed by atoms with E-state index in [9.17, 15) is 19.5 Å². The number of nitrogens with one attached hydrogen (secondary N) is 3. The molecule has 1 rings (SSSR count). The van der Waals surface area contributed by atoms with Crippen LogP contribution in [0, 0.1) is 5.41 Å². The van der Waals surface area contributed by atoms with Crippen molar-refractivity contribution in [1.29, 1.82) is 0 Å². The van der Waals surface area contributed by atoms with Gasteiger partial charge in [0.25, 0.3) is 11.5 Å². The number of rotatable bonds is 6. The highest BCUT2D eigenvalue weighted by Crippen LogP contribution is 2.24. The summed E-state index contributed by atoms with van der Waals surface area (Å²) in [6, 6.07) is 0. The zero-order valence-electron chi connectivity index (χ0n) is 11.1. The van der Waals surface area contributed by atoms with Crippen molar-refractivity contribution in [1.82, 2.24) is 15.3 Å². The number of H-pyrrole nitrogens is 2. The lowest BCUT2D eigenvalue weighted by molar-refractivity contribution is 0.0849. The number of aromatic nitrogens is 2. The third-order valence-electron chi connectivity index (χ3n) is 3.52. The van der Waals surface area contributed by atoms with E-state index in [-0.39, 0.29) is 24.1 Å². The largest absolute Gasteiger partial charge is 0.396 e. The molecule has 0 spiro atoms. The number of hydrogen-bond acceptors (Lipinski definition) is 4. The van der Waals surface area contributed by atoms with Gasteiger partial charge < -0.3 is 15.4 Å². The summed E-state index contributed by atoms with van der Waals surface area (Å²) in [5.74, 6) is -0.572. The Balaban J connectivity index is 2.80. The van der Waals surface area contributed by atoms with Gasteiger partial charge in [-0.15, -0.1) is 0 Å². The lowest BCUT2D eigenvalue weighted by Crippen LogP contribution is -2.41. The molecule has 1 aromatic rings. The molecule has 0 atom stereocenters. The van der Waals surface area contributed by atoms with Crippen molar-refractivity contribution in [2.24, 2.45) is 5.41 Å². The normalized spacial score (nSPS) is 11.3. The van der Waals surface area contributed by atoms with Crippen molar-refractivity contribution in [3.8, 4) is 0 Å². The van der Waals surface area contributed by atoms with Crippen molar-refractivity contribution >= 4 is 5.91 Å². The molecule has 0 aliphatic carbocycles. The monoisotopic (exact) mass is 269 g/mol. The van der Waals surface area contributed by atoms with E-state index in [0.717, 1.165) is 6.20 Å². The molecule has 1 heterocycles. The van der Waals surface area contributed by atoms with Gasteiger partial charge in [0.15, 0.2) is 0 Å². The van der Waals surface area contributed by atoms with Gasteiger partial charge in [0.2, 0.25) is 0 Å². The van der Waals surface area contributed by atoms with Crippen molar-refractivity contribution in [2.75, 3.05) is 13.2 Å². The van der Waals surface area contributed by atoms with Crippen LogP contribution in [0.3, 0.4) is 0 Å². The Labute approximate surface area is 110 Å². The third-order valence-corrected chi connectivity index (χ3v) is 3.52. The highest BCUT2D eigenvalue weighted by atomic mass is 16.3. The van der Waals surface area contributed by atoms with Crippen LogP contribution in [0.5, 0.6) is 0 Å². The Bertz CT molecular complexity index is 534. The van der Waals surface area contributed by atoms with Gasteiger partial charge in [-0.25, -0.2) is 4.79 Å². The summed E-state index contributed by atoms with van der Waals surface area (Å²) in [6.45, 7) is 4.09. The number of aromatic amines is 2. The fourth-order valence-electron chi connectivity index (χ4n) is 1.72. The maximum Gasteiger partial charge on any atom is 0.325 e. The number of hydrogen-bond donors (Lipinski definition) is 4. The minimum atomic E-state index is -0.733. The minimum absolute atomic E-state index is 0.0394. The van der Waals surface area contributed by atoms with E-state index < -0.39 is 17.2 Å². The Hall–Kier alpha value is -1.89. The third kappa shape index (κ3) is 3.54. The summed E-state index contributed by atoms with van der Waals surface area (Å²) >= 11 is 0. The lowest BCUT2D eigenvalue weighted by atomic mass is 9.83. The Morgan fingerprint density at radius 2 is 2.00 bits per heavy atom. The molecule has 7 nitrogen and oxygen atoms in total. The summed E-state index contributed by atoms with van der Waals surface area (Å²) in [4.78, 5) is 38.3. The molecule has 19 heavy (non-hydrogen) atoms. The van der Waals surface area contributed by atoms with Crippen LogP contribution in [0.15, 0.2) is 15.8 Å². The van der Waals surface area contributed by atoms with Crippen LogP contribution in [0.1, 0.15) is 37.0 Å². The molecule has 4 N–H and O–H groups in total. The second-order valence-electron chi connectivity index (χ2n) is 4.53. The molecule has 0 bridgehead atoms. The quantitative estimate of drug-likeness (QED) is 0.562. The molecule has 0 aromatic carbocycles. The second kappa shape index (κ2) is 6.33. The summed E-state index contributed by atoms with van der Waals surface area (Å²) in [5.41, 5.74) is -1.93. The summed E-state index contributed by atoms with van der Waals surface area (Å²) in [6.07, 6.45) is 2.50. The number of amides is 1. The highest BCUT2D eigenvalue weighted by molar-refractivity contribution is 5.93. The average Bonchev–Trinajstić information content (AvgIpc) is 2.40. The first-order chi connectivity index (χ1) is 8.98. The van der Waals surface area contributed by atoms with Gasteiger partial charge in [-0.2, -0.15) is 0 Å². The Morgan fingerprint density at radius 3 is 2.47 bits per heavy atom. The number of carbonyl (C=O) groups excluding carboxylic acids is 1. The smallest absolute Gasteiger partial charge is 0.325 e. The maximum atomic E-state index is 11.8. The topological polar surface area (TPSA) is 115 Å². The molecule has 0 radical (unpaired) electrons. The van der Waals surface area contributed by atoms with Gasteiger partial charge in [0.1, 0.15) is 5.56 Å². The SMILES string of the molecule is CCC(CC)(CO)CNC(=O)c1c[nH]c(=O)[nH]c1=O. The summed E-state index contributed by atoms with van der Waals surface area (Å²) in [5, 5.41) is 12.0. The van der Waals surface area contributed by atoms with E-state index in [1.54, 1.807) is 0 Å². The van der Waals surface area contributed by atoms with Crippen LogP contribution in [-0.4, -0.2) is 34.1 Å². The Kier molecular flexibility index (Phi) is 5.05. The highest BCUT2D eigenvalue weighted by Gasteiger charge is 2.26. The van der Waals surface area contributed by atoms with Crippen LogP contribution in [0.2, 0.25) is 0 Å². The molecule has 0 aliphatic rings. The van der Waals surface area contributed by atoms with E-state index in [2.05, 4.69) is 10.3 Å². The van der Waals surface area contributed by atoms with Crippen molar-refractivity contribution in [3.63, 3.8) is 0 Å². The van der Waals surface area contributed by atoms with Crippen molar-refractivity contribution in [2.45, 2.75) is 26.7 Å². The molecule has 7 heteroatoms. The molecular formula is C12H19N3O4. The van der Waals surface area contributed by atoms with E-state index in [0.29, 0.717) is 12.8 Å². The minimum Gasteiger partial charge on any atom is -0.396 e. The van der Waals surface area contributed by atoms with Gasteiger partial charge in [-0.05, 0) is 12.8 Å². The summed E-state index contributed by atoms with van der Waals surface area (Å²) in [7, 11) is 0. The fourth-order valence-corrected chi connectivity index (χ4v) is 1.72. The van der Waals surface area contributed by atoms with Gasteiger partial charge in [-0.1, -0.05) is 13.8 Å². The molecule has 0 saturated heterocycles. The molecule has 1 aromatic heterocycles. The predicted molar refractivity (Wildman–Crippen MR) is 70.1 cm³/mol. The van der Waals surface area contributed by atoms with E-state index in [1.165, 1.54) is 0 Å². The van der Waals surface area contributed by atoms with E-state index >= 15 is 0 Å². The zero-order valence-corrected chi connectivity index (χ0v) is 11.1. The van der Waals surface area contributed by atoms with Gasteiger partial charge in [-0.3, -0.25) is 14.6 Å². The van der Waals surface area contributed by atoms with Gasteiger partial charge in [0.05, 0.1) is 6.61 Å². The van der Waals surface area contributed by atoms with Crippen LogP contribution >= 0.6 is 0 Å².